The molecule has 3 rings (SSSR count). The molecule has 2 unspecified atom stereocenters. The number of hydrogen-bond donors (Lipinski definition) is 3. The normalized spacial score (nSPS) is 19.3. The van der Waals surface area contributed by atoms with Crippen molar-refractivity contribution in [2.24, 2.45) is 11.7 Å². The molecule has 1 amide bonds. The maximum Gasteiger partial charge on any atom is 0.308 e. The first-order valence-corrected chi connectivity index (χ1v) is 9.53. The zero-order chi connectivity index (χ0) is 20.1. The van der Waals surface area contributed by atoms with Crippen molar-refractivity contribution in [1.82, 2.24) is 9.72 Å². The number of amides is 1. The number of carbonyl (C=O) groups is 2. The van der Waals surface area contributed by atoms with Crippen LogP contribution in [0.3, 0.4) is 0 Å². The lowest BCUT2D eigenvalue weighted by molar-refractivity contribution is -0.143. The maximum absolute atomic E-state index is 12.8. The zero-order valence-electron chi connectivity index (χ0n) is 15.6. The van der Waals surface area contributed by atoms with Gasteiger partial charge in [-0.25, -0.2) is 0 Å². The molecule has 8 nitrogen and oxygen atoms in total. The summed E-state index contributed by atoms with van der Waals surface area (Å²) in [6, 6.07) is 6.17. The number of carboxylic acids is 1. The Kier molecular flexibility index (Phi) is 6.30. The number of nitrogens with one attached hydrogen (secondary N) is 1. The molecule has 1 aliphatic carbocycles. The van der Waals surface area contributed by atoms with Crippen LogP contribution in [0, 0.1) is 5.92 Å². The van der Waals surface area contributed by atoms with Crippen LogP contribution in [0.2, 0.25) is 0 Å². The summed E-state index contributed by atoms with van der Waals surface area (Å²) in [7, 11) is 0. The average molecular weight is 387 g/mol. The Hall–Kier alpha value is -2.87. The van der Waals surface area contributed by atoms with Crippen LogP contribution in [-0.4, -0.2) is 40.6 Å². The first kappa shape index (κ1) is 19.9. The van der Waals surface area contributed by atoms with E-state index in [1.54, 1.807) is 24.4 Å². The fourth-order valence-corrected chi connectivity index (χ4v) is 3.55. The summed E-state index contributed by atoms with van der Waals surface area (Å²) < 4.78 is 6.93. The Labute approximate surface area is 162 Å². The molecular weight excluding hydrogens is 362 g/mol. The minimum absolute atomic E-state index is 0.0219. The highest BCUT2D eigenvalue weighted by atomic mass is 16.5. The summed E-state index contributed by atoms with van der Waals surface area (Å²) in [5.74, 6) is -1.58. The van der Waals surface area contributed by atoms with Gasteiger partial charge in [0, 0.05) is 11.6 Å². The van der Waals surface area contributed by atoms with E-state index in [0.29, 0.717) is 43.7 Å². The highest BCUT2D eigenvalue weighted by Crippen LogP contribution is 2.25. The highest BCUT2D eigenvalue weighted by Gasteiger charge is 2.32. The summed E-state index contributed by atoms with van der Waals surface area (Å²) in [5.41, 5.74) is 5.59. The van der Waals surface area contributed by atoms with Gasteiger partial charge in [0.1, 0.15) is 11.3 Å². The number of carbonyl (C=O) groups excluding carboxylic acids is 1. The van der Waals surface area contributed by atoms with Gasteiger partial charge in [-0.15, -0.1) is 0 Å². The number of nitrogens with two attached hydrogens (primary N) is 1. The fraction of sp³-hybridized carbons (Fsp3) is 0.450. The molecule has 2 aromatic heterocycles. The maximum atomic E-state index is 12.8. The van der Waals surface area contributed by atoms with E-state index >= 15 is 0 Å². The van der Waals surface area contributed by atoms with Crippen molar-refractivity contribution in [3.8, 4) is 5.75 Å². The molecule has 1 saturated carbocycles. The number of fused-ring (bicyclic) bond motifs is 1. The van der Waals surface area contributed by atoms with Crippen molar-refractivity contribution in [2.45, 2.75) is 38.1 Å². The molecule has 2 aromatic rings. The van der Waals surface area contributed by atoms with E-state index in [0.717, 1.165) is 12.8 Å². The van der Waals surface area contributed by atoms with Crippen molar-refractivity contribution in [3.63, 3.8) is 0 Å². The molecule has 8 heteroatoms. The van der Waals surface area contributed by atoms with E-state index in [-0.39, 0.29) is 5.56 Å². The second kappa shape index (κ2) is 8.88. The van der Waals surface area contributed by atoms with Crippen molar-refractivity contribution >= 4 is 17.4 Å². The average Bonchev–Trinajstić information content (AvgIpc) is 2.69. The van der Waals surface area contributed by atoms with Gasteiger partial charge in [0.15, 0.2) is 0 Å². The van der Waals surface area contributed by atoms with E-state index in [1.165, 1.54) is 10.5 Å². The van der Waals surface area contributed by atoms with Crippen LogP contribution in [0.5, 0.6) is 5.75 Å². The van der Waals surface area contributed by atoms with Gasteiger partial charge in [0.2, 0.25) is 0 Å². The number of aliphatic carboxylic acids is 1. The van der Waals surface area contributed by atoms with E-state index < -0.39 is 29.4 Å². The number of pyridine rings is 2. The van der Waals surface area contributed by atoms with Gasteiger partial charge in [0.05, 0.1) is 18.7 Å². The lowest BCUT2D eigenvalue weighted by Gasteiger charge is -2.29. The van der Waals surface area contributed by atoms with Crippen LogP contribution < -0.4 is 21.3 Å². The third kappa shape index (κ3) is 4.33. The van der Waals surface area contributed by atoms with E-state index in [9.17, 15) is 19.5 Å². The first-order valence-electron chi connectivity index (χ1n) is 9.53. The van der Waals surface area contributed by atoms with E-state index in [2.05, 4.69) is 5.32 Å². The quantitative estimate of drug-likeness (QED) is 0.617. The standard InChI is InChI=1S/C20H25N3O5/c21-10-3-11-28-14-8-6-13-7-9-16(19(25)23(13)12-14)18(24)22-17-5-2-1-4-15(17)20(26)27/h6-9,12,15,17H,1-5,10-11,21H2,(H,22,24)(H,26,27). The van der Waals surface area contributed by atoms with Gasteiger partial charge >= 0.3 is 5.97 Å². The molecule has 2 heterocycles. The van der Waals surface area contributed by atoms with Gasteiger partial charge in [-0.05, 0) is 50.1 Å². The van der Waals surface area contributed by atoms with Gasteiger partial charge in [0.25, 0.3) is 11.5 Å². The van der Waals surface area contributed by atoms with Crippen molar-refractivity contribution < 1.29 is 19.4 Å². The SMILES string of the molecule is NCCCOc1ccc2ccc(C(=O)NC3CCCCC3C(=O)O)c(=O)n2c1. The molecule has 4 N–H and O–H groups in total. The van der Waals surface area contributed by atoms with E-state index in [4.69, 9.17) is 10.5 Å². The third-order valence-electron chi connectivity index (χ3n) is 5.08. The molecule has 0 aliphatic heterocycles. The van der Waals surface area contributed by atoms with Crippen LogP contribution in [0.4, 0.5) is 0 Å². The van der Waals surface area contributed by atoms with Crippen LogP contribution in [0.15, 0.2) is 35.3 Å². The highest BCUT2D eigenvalue weighted by molar-refractivity contribution is 5.94. The molecule has 0 spiro atoms. The van der Waals surface area contributed by atoms with Crippen molar-refractivity contribution in [1.29, 1.82) is 0 Å². The van der Waals surface area contributed by atoms with Crippen LogP contribution in [-0.2, 0) is 4.79 Å². The third-order valence-corrected chi connectivity index (χ3v) is 5.08. The Morgan fingerprint density at radius 3 is 2.71 bits per heavy atom. The fourth-order valence-electron chi connectivity index (χ4n) is 3.55. The van der Waals surface area contributed by atoms with Crippen LogP contribution in [0.1, 0.15) is 42.5 Å². The van der Waals surface area contributed by atoms with Gasteiger partial charge in [-0.3, -0.25) is 18.8 Å². The predicted octanol–water partition coefficient (Wildman–Crippen LogP) is 1.40. The van der Waals surface area contributed by atoms with Gasteiger partial charge in [-0.1, -0.05) is 12.8 Å². The molecule has 0 aromatic carbocycles. The number of rotatable bonds is 7. The molecule has 1 aliphatic rings. The molecule has 28 heavy (non-hydrogen) atoms. The van der Waals surface area contributed by atoms with Crippen molar-refractivity contribution in [2.75, 3.05) is 13.2 Å². The van der Waals surface area contributed by atoms with Crippen LogP contribution >= 0.6 is 0 Å². The minimum Gasteiger partial charge on any atom is -0.492 e. The summed E-state index contributed by atoms with van der Waals surface area (Å²) in [4.78, 5) is 36.9. The second-order valence-electron chi connectivity index (χ2n) is 7.01. The number of carboxylic acid groups (broad SMARTS) is 1. The van der Waals surface area contributed by atoms with Crippen LogP contribution in [0.25, 0.3) is 5.52 Å². The number of hydrogen-bond acceptors (Lipinski definition) is 5. The molecule has 0 radical (unpaired) electrons. The Bertz CT molecular complexity index is 924. The molecule has 1 fully saturated rings. The summed E-state index contributed by atoms with van der Waals surface area (Å²) in [5, 5.41) is 12.1. The van der Waals surface area contributed by atoms with Gasteiger partial charge in [-0.2, -0.15) is 0 Å². The topological polar surface area (TPSA) is 123 Å². The molecule has 2 atom stereocenters. The smallest absolute Gasteiger partial charge is 0.308 e. The second-order valence-corrected chi connectivity index (χ2v) is 7.01. The van der Waals surface area contributed by atoms with Crippen molar-refractivity contribution in [3.05, 3.63) is 46.4 Å². The Balaban J connectivity index is 1.83. The summed E-state index contributed by atoms with van der Waals surface area (Å²) in [6.45, 7) is 0.950. The zero-order valence-corrected chi connectivity index (χ0v) is 15.6. The first-order chi connectivity index (χ1) is 13.5. The number of ether oxygens (including phenoxy) is 1. The largest absolute Gasteiger partial charge is 0.492 e. The number of aromatic nitrogens is 1. The molecule has 0 saturated heterocycles. The number of nitrogens with zero attached hydrogens (tertiary/aromatic N) is 1. The summed E-state index contributed by atoms with van der Waals surface area (Å²) >= 11 is 0. The minimum atomic E-state index is -0.917. The van der Waals surface area contributed by atoms with E-state index in [1.807, 2.05) is 0 Å². The monoisotopic (exact) mass is 387 g/mol. The molecular formula is C20H25N3O5. The molecule has 150 valence electrons. The molecule has 0 bridgehead atoms. The summed E-state index contributed by atoms with van der Waals surface area (Å²) in [6.07, 6.45) is 5.05. The Morgan fingerprint density at radius 1 is 1.21 bits per heavy atom. The predicted molar refractivity (Wildman–Crippen MR) is 104 cm³/mol. The lowest BCUT2D eigenvalue weighted by Crippen LogP contribution is -2.46. The van der Waals surface area contributed by atoms with Gasteiger partial charge < -0.3 is 20.9 Å². The Morgan fingerprint density at radius 2 is 1.96 bits per heavy atom. The lowest BCUT2D eigenvalue weighted by atomic mass is 9.84.